The summed E-state index contributed by atoms with van der Waals surface area (Å²) in [5.74, 6) is -9.74. The average molecular weight is 371 g/mol. The van der Waals surface area contributed by atoms with E-state index in [4.69, 9.17) is 0 Å². The summed E-state index contributed by atoms with van der Waals surface area (Å²) in [6.07, 6.45) is 0. The highest BCUT2D eigenvalue weighted by Crippen LogP contribution is 2.30. The lowest BCUT2D eigenvalue weighted by Gasteiger charge is -2.08. The predicted octanol–water partition coefficient (Wildman–Crippen LogP) is 4.47. The molecule has 0 spiro atoms. The van der Waals surface area contributed by atoms with Crippen molar-refractivity contribution in [3.63, 3.8) is 0 Å². The van der Waals surface area contributed by atoms with Crippen molar-refractivity contribution in [2.24, 2.45) is 7.05 Å². The fourth-order valence-corrected chi connectivity index (χ4v) is 3.10. The van der Waals surface area contributed by atoms with Crippen molar-refractivity contribution >= 4 is 11.8 Å². The van der Waals surface area contributed by atoms with E-state index in [0.29, 0.717) is 5.82 Å². The van der Waals surface area contributed by atoms with E-state index in [0.717, 1.165) is 17.3 Å². The number of benzene rings is 2. The summed E-state index contributed by atoms with van der Waals surface area (Å²) < 4.78 is 68.5. The van der Waals surface area contributed by atoms with Gasteiger partial charge in [-0.2, -0.15) is 0 Å². The lowest BCUT2D eigenvalue weighted by Crippen LogP contribution is -2.06. The van der Waals surface area contributed by atoms with Gasteiger partial charge >= 0.3 is 0 Å². The Bertz CT molecular complexity index is 898. The molecule has 0 radical (unpaired) electrons. The highest BCUT2D eigenvalue weighted by atomic mass is 32.2. The average Bonchev–Trinajstić information content (AvgIpc) is 3.00. The van der Waals surface area contributed by atoms with E-state index in [9.17, 15) is 22.0 Å². The number of halogens is 5. The molecule has 0 bridgehead atoms. The van der Waals surface area contributed by atoms with Crippen LogP contribution in [-0.4, -0.2) is 14.8 Å². The van der Waals surface area contributed by atoms with Crippen molar-refractivity contribution in [1.82, 2.24) is 14.8 Å². The van der Waals surface area contributed by atoms with E-state index in [1.165, 1.54) is 0 Å². The third kappa shape index (κ3) is 3.11. The Morgan fingerprint density at radius 3 is 2.00 bits per heavy atom. The molecule has 1 heterocycles. The molecule has 1 aromatic heterocycles. The van der Waals surface area contributed by atoms with Crippen LogP contribution in [0.1, 0.15) is 5.56 Å². The van der Waals surface area contributed by atoms with Crippen molar-refractivity contribution in [3.05, 3.63) is 65.0 Å². The molecule has 0 saturated carbocycles. The van der Waals surface area contributed by atoms with Gasteiger partial charge in [0.1, 0.15) is 0 Å². The van der Waals surface area contributed by atoms with Gasteiger partial charge in [-0.05, 0) is 0 Å². The van der Waals surface area contributed by atoms with E-state index in [1.807, 2.05) is 30.3 Å². The smallest absolute Gasteiger partial charge is 0.200 e. The third-order valence-corrected chi connectivity index (χ3v) is 4.56. The van der Waals surface area contributed by atoms with Crippen LogP contribution in [-0.2, 0) is 12.8 Å². The fourth-order valence-electron chi connectivity index (χ4n) is 2.19. The van der Waals surface area contributed by atoms with Gasteiger partial charge in [-0.3, -0.25) is 0 Å². The highest BCUT2D eigenvalue weighted by molar-refractivity contribution is 7.98. The molecule has 0 unspecified atom stereocenters. The normalized spacial score (nSPS) is 11.1. The SMILES string of the molecule is Cn1c(SCc2c(F)c(F)c(F)c(F)c2F)nnc1-c1ccccc1. The quantitative estimate of drug-likeness (QED) is 0.293. The minimum Gasteiger partial charge on any atom is -0.305 e. The zero-order valence-corrected chi connectivity index (χ0v) is 13.6. The van der Waals surface area contributed by atoms with E-state index in [-0.39, 0.29) is 5.16 Å². The molecule has 9 heteroatoms. The number of thioether (sulfide) groups is 1. The van der Waals surface area contributed by atoms with E-state index >= 15 is 0 Å². The van der Waals surface area contributed by atoms with Crippen molar-refractivity contribution in [3.8, 4) is 11.4 Å². The molecule has 0 aliphatic heterocycles. The van der Waals surface area contributed by atoms with Gasteiger partial charge in [-0.25, -0.2) is 22.0 Å². The minimum atomic E-state index is -2.17. The Hall–Kier alpha value is -2.42. The van der Waals surface area contributed by atoms with Gasteiger partial charge in [0.15, 0.2) is 34.2 Å². The molecule has 0 aliphatic rings. The molecular weight excluding hydrogens is 361 g/mol. The summed E-state index contributed by atoms with van der Waals surface area (Å²) in [7, 11) is 1.64. The summed E-state index contributed by atoms with van der Waals surface area (Å²) in [5, 5.41) is 8.17. The molecule has 0 N–H and O–H groups in total. The van der Waals surface area contributed by atoms with Crippen LogP contribution in [0.25, 0.3) is 11.4 Å². The fraction of sp³-hybridized carbons (Fsp3) is 0.125. The van der Waals surface area contributed by atoms with Crippen LogP contribution in [0, 0.1) is 29.1 Å². The van der Waals surface area contributed by atoms with Crippen LogP contribution in [0.3, 0.4) is 0 Å². The molecular formula is C16H10F5N3S. The van der Waals surface area contributed by atoms with Crippen molar-refractivity contribution in [2.75, 3.05) is 0 Å². The van der Waals surface area contributed by atoms with Crippen molar-refractivity contribution in [1.29, 1.82) is 0 Å². The second-order valence-corrected chi connectivity index (χ2v) is 6.01. The van der Waals surface area contributed by atoms with Crippen LogP contribution in [0.2, 0.25) is 0 Å². The second-order valence-electron chi connectivity index (χ2n) is 5.07. The van der Waals surface area contributed by atoms with Gasteiger partial charge in [0.05, 0.1) is 0 Å². The topological polar surface area (TPSA) is 30.7 Å². The highest BCUT2D eigenvalue weighted by Gasteiger charge is 2.26. The largest absolute Gasteiger partial charge is 0.305 e. The third-order valence-electron chi connectivity index (χ3n) is 3.51. The summed E-state index contributed by atoms with van der Waals surface area (Å²) in [4.78, 5) is 0. The molecule has 0 saturated heterocycles. The Balaban J connectivity index is 1.88. The maximum Gasteiger partial charge on any atom is 0.200 e. The molecule has 0 fully saturated rings. The number of hydrogen-bond donors (Lipinski definition) is 0. The van der Waals surface area contributed by atoms with Crippen molar-refractivity contribution < 1.29 is 22.0 Å². The number of nitrogens with zero attached hydrogens (tertiary/aromatic N) is 3. The maximum absolute atomic E-state index is 13.7. The van der Waals surface area contributed by atoms with E-state index < -0.39 is 40.4 Å². The standard InChI is InChI=1S/C16H10F5N3S/c1-24-15(8-5-3-2-4-6-8)22-23-16(24)25-7-9-10(17)12(19)14(21)13(20)11(9)18/h2-6H,7H2,1H3. The van der Waals surface area contributed by atoms with Crippen molar-refractivity contribution in [2.45, 2.75) is 10.9 Å². The first-order valence-corrected chi connectivity index (χ1v) is 7.98. The first-order valence-electron chi connectivity index (χ1n) is 6.99. The molecule has 130 valence electrons. The van der Waals surface area contributed by atoms with E-state index in [2.05, 4.69) is 10.2 Å². The van der Waals surface area contributed by atoms with E-state index in [1.54, 1.807) is 11.6 Å². The first-order chi connectivity index (χ1) is 11.9. The summed E-state index contributed by atoms with van der Waals surface area (Å²) >= 11 is 0.821. The minimum absolute atomic E-state index is 0.280. The summed E-state index contributed by atoms with van der Waals surface area (Å²) in [6.45, 7) is 0. The molecule has 0 amide bonds. The molecule has 25 heavy (non-hydrogen) atoms. The van der Waals surface area contributed by atoms with Crippen LogP contribution < -0.4 is 0 Å². The van der Waals surface area contributed by atoms with Gasteiger partial charge in [0.25, 0.3) is 0 Å². The molecule has 3 rings (SSSR count). The first kappa shape index (κ1) is 17.4. The summed E-state index contributed by atoms with van der Waals surface area (Å²) in [5.41, 5.74) is -0.119. The Kier molecular flexibility index (Phi) is 4.76. The van der Waals surface area contributed by atoms with Gasteiger partial charge in [0, 0.05) is 23.9 Å². The maximum atomic E-state index is 13.7. The van der Waals surface area contributed by atoms with Crippen LogP contribution >= 0.6 is 11.8 Å². The van der Waals surface area contributed by atoms with Crippen LogP contribution in [0.5, 0.6) is 0 Å². The predicted molar refractivity (Wildman–Crippen MR) is 82.2 cm³/mol. The Morgan fingerprint density at radius 1 is 0.840 bits per heavy atom. The Labute approximate surface area is 143 Å². The summed E-state index contributed by atoms with van der Waals surface area (Å²) in [6, 6.07) is 9.07. The van der Waals surface area contributed by atoms with Gasteiger partial charge < -0.3 is 4.57 Å². The van der Waals surface area contributed by atoms with Gasteiger partial charge in [0.2, 0.25) is 5.82 Å². The number of rotatable bonds is 4. The number of aromatic nitrogens is 3. The monoisotopic (exact) mass is 371 g/mol. The molecule has 3 nitrogen and oxygen atoms in total. The lowest BCUT2D eigenvalue weighted by molar-refractivity contribution is 0.372. The molecule has 2 aromatic carbocycles. The molecule has 0 atom stereocenters. The lowest BCUT2D eigenvalue weighted by atomic mass is 10.2. The van der Waals surface area contributed by atoms with Crippen LogP contribution in [0.4, 0.5) is 22.0 Å². The van der Waals surface area contributed by atoms with Gasteiger partial charge in [-0.15, -0.1) is 10.2 Å². The zero-order valence-electron chi connectivity index (χ0n) is 12.7. The molecule has 0 aliphatic carbocycles. The van der Waals surface area contributed by atoms with Gasteiger partial charge in [-0.1, -0.05) is 42.1 Å². The zero-order chi connectivity index (χ0) is 18.1. The molecule has 3 aromatic rings. The Morgan fingerprint density at radius 2 is 1.40 bits per heavy atom. The van der Waals surface area contributed by atoms with Crippen LogP contribution in [0.15, 0.2) is 35.5 Å². The number of hydrogen-bond acceptors (Lipinski definition) is 3. The second kappa shape index (κ2) is 6.83.